The number of ketones is 1. The Hall–Kier alpha value is -5.25. The highest BCUT2D eigenvalue weighted by Crippen LogP contribution is 2.64. The van der Waals surface area contributed by atoms with E-state index in [1.165, 1.54) is 39.8 Å². The quantitative estimate of drug-likeness (QED) is 0.155. The molecule has 3 fully saturated rings. The van der Waals surface area contributed by atoms with Crippen LogP contribution in [0.4, 0.5) is 0 Å². The van der Waals surface area contributed by atoms with Crippen LogP contribution in [-0.4, -0.2) is 104 Å². The first-order valence-electron chi connectivity index (χ1n) is 19.6. The van der Waals surface area contributed by atoms with Crippen LogP contribution in [0.15, 0.2) is 102 Å². The van der Waals surface area contributed by atoms with Gasteiger partial charge in [-0.25, -0.2) is 9.59 Å². The Morgan fingerprint density at radius 1 is 0.864 bits per heavy atom. The molecule has 0 unspecified atom stereocenters. The van der Waals surface area contributed by atoms with Gasteiger partial charge in [0.1, 0.15) is 30.0 Å². The molecule has 3 aromatic rings. The molecule has 312 valence electrons. The number of esters is 3. The Bertz CT molecular complexity index is 2160. The molecule has 1 heterocycles. The highest BCUT2D eigenvalue weighted by atomic mass is 16.6. The fourth-order valence-corrected chi connectivity index (χ4v) is 9.92. The molecule has 1 amide bonds. The van der Waals surface area contributed by atoms with E-state index in [2.05, 4.69) is 5.32 Å². The van der Waals surface area contributed by atoms with Crippen LogP contribution in [-0.2, 0) is 33.3 Å². The lowest BCUT2D eigenvalue weighted by atomic mass is 9.44. The topological polar surface area (TPSA) is 215 Å². The molecular weight excluding hydrogens is 762 g/mol. The largest absolute Gasteiger partial charge is 0.456 e. The van der Waals surface area contributed by atoms with Crippen molar-refractivity contribution in [1.82, 2.24) is 5.32 Å². The van der Waals surface area contributed by atoms with E-state index >= 15 is 0 Å². The Kier molecular flexibility index (Phi) is 10.9. The van der Waals surface area contributed by atoms with Gasteiger partial charge in [-0.05, 0) is 42.3 Å². The molecular formula is C45H49NO13. The van der Waals surface area contributed by atoms with Crippen LogP contribution in [0.3, 0.4) is 0 Å². The molecule has 0 aromatic heterocycles. The van der Waals surface area contributed by atoms with Gasteiger partial charge in [-0.15, -0.1) is 0 Å². The van der Waals surface area contributed by atoms with Crippen LogP contribution < -0.4 is 5.32 Å². The molecule has 0 radical (unpaired) electrons. The fourth-order valence-electron chi connectivity index (χ4n) is 9.92. The molecule has 0 spiro atoms. The van der Waals surface area contributed by atoms with E-state index in [9.17, 15) is 44.4 Å². The number of rotatable bonds is 9. The van der Waals surface area contributed by atoms with Crippen molar-refractivity contribution < 1.29 is 63.3 Å². The Balaban J connectivity index is 1.34. The van der Waals surface area contributed by atoms with E-state index < -0.39 is 107 Å². The average molecular weight is 812 g/mol. The SMILES string of the molecule is CC(=O)O[C@@]12CO[C@@H]1C[C@H](O)[C@]1(C)[C@@H]2[C@H](OC(=O)c2ccccc2)[C@]2(O)C[C@H](OC(=O)[C@H](O)[C@@H](NC(=O)c3ccccc3)c3ccccc3)C(C)=C(C(=O)[C@@H]1O)C2(C)C. The standard InChI is InChI=1S/C45H49NO13/c1-24-29(57-41(54)35(50)33(26-15-9-6-10-16-26)46-39(52)27-17-11-7-12-18-27)22-45(55)38(58-40(53)28-19-13-8-14-20-28)36-43(5,37(51)34(49)32(24)42(45,3)4)30(48)21-31-44(36,23-56-31)59-25(2)47/h6-20,29-31,33,35-38,48,50-51,55H,21-23H2,1-5H3,(H,46,52)/t29-,30-,31+,33-,35+,36-,37-,38-,43+,44-,45+/m0/s1. The third-order valence-corrected chi connectivity index (χ3v) is 13.2. The van der Waals surface area contributed by atoms with Gasteiger partial charge >= 0.3 is 17.9 Å². The van der Waals surface area contributed by atoms with Crippen LogP contribution >= 0.6 is 0 Å². The highest BCUT2D eigenvalue weighted by molar-refractivity contribution is 6.02. The second-order valence-electron chi connectivity index (χ2n) is 16.8. The number of aliphatic hydroxyl groups excluding tert-OH is 3. The molecule has 11 atom stereocenters. The first kappa shape index (κ1) is 41.9. The number of hydrogen-bond donors (Lipinski definition) is 5. The number of carbonyl (C=O) groups is 5. The molecule has 2 saturated carbocycles. The highest BCUT2D eigenvalue weighted by Gasteiger charge is 2.78. The number of nitrogens with one attached hydrogen (secondary N) is 1. The van der Waals surface area contributed by atoms with Crippen molar-refractivity contribution in [1.29, 1.82) is 0 Å². The summed E-state index contributed by atoms with van der Waals surface area (Å²) in [5.74, 6) is -5.85. The summed E-state index contributed by atoms with van der Waals surface area (Å²) in [6.07, 6.45) is -10.4. The first-order valence-corrected chi connectivity index (χ1v) is 19.6. The normalized spacial score (nSPS) is 33.0. The Labute approximate surface area is 341 Å². The van der Waals surface area contributed by atoms with Crippen molar-refractivity contribution in [3.8, 4) is 0 Å². The van der Waals surface area contributed by atoms with Gasteiger partial charge < -0.3 is 44.7 Å². The molecule has 3 aromatic carbocycles. The zero-order valence-corrected chi connectivity index (χ0v) is 33.4. The number of ether oxygens (including phenoxy) is 4. The maximum atomic E-state index is 14.9. The lowest BCUT2D eigenvalue weighted by Gasteiger charge is -2.68. The van der Waals surface area contributed by atoms with Gasteiger partial charge in [0.15, 0.2) is 17.5 Å². The van der Waals surface area contributed by atoms with Gasteiger partial charge in [-0.3, -0.25) is 14.4 Å². The van der Waals surface area contributed by atoms with Crippen molar-refractivity contribution in [2.45, 2.75) is 101 Å². The van der Waals surface area contributed by atoms with Crippen LogP contribution in [0, 0.1) is 16.7 Å². The van der Waals surface area contributed by atoms with Crippen molar-refractivity contribution in [3.63, 3.8) is 0 Å². The predicted molar refractivity (Wildman–Crippen MR) is 208 cm³/mol. The van der Waals surface area contributed by atoms with Crippen LogP contribution in [0.2, 0.25) is 0 Å². The number of aliphatic hydroxyl groups is 4. The Morgan fingerprint density at radius 3 is 2.00 bits per heavy atom. The number of carbonyl (C=O) groups excluding carboxylic acids is 5. The summed E-state index contributed by atoms with van der Waals surface area (Å²) in [4.78, 5) is 69.4. The van der Waals surface area contributed by atoms with Gasteiger partial charge in [-0.2, -0.15) is 0 Å². The van der Waals surface area contributed by atoms with Gasteiger partial charge in [0.05, 0.1) is 30.2 Å². The zero-order valence-electron chi connectivity index (χ0n) is 33.4. The molecule has 59 heavy (non-hydrogen) atoms. The summed E-state index contributed by atoms with van der Waals surface area (Å²) >= 11 is 0. The van der Waals surface area contributed by atoms with E-state index in [1.54, 1.807) is 78.9 Å². The summed E-state index contributed by atoms with van der Waals surface area (Å²) in [7, 11) is 0. The van der Waals surface area contributed by atoms with Gasteiger partial charge in [0.2, 0.25) is 0 Å². The Morgan fingerprint density at radius 2 is 1.44 bits per heavy atom. The second kappa shape index (κ2) is 15.4. The van der Waals surface area contributed by atoms with Crippen molar-refractivity contribution >= 4 is 29.6 Å². The van der Waals surface area contributed by atoms with E-state index in [-0.39, 0.29) is 35.3 Å². The summed E-state index contributed by atoms with van der Waals surface area (Å²) in [6.45, 7) is 6.89. The monoisotopic (exact) mass is 811 g/mol. The van der Waals surface area contributed by atoms with Crippen molar-refractivity contribution in [2.75, 3.05) is 6.61 Å². The number of amides is 1. The van der Waals surface area contributed by atoms with Gasteiger partial charge in [-0.1, -0.05) is 87.5 Å². The van der Waals surface area contributed by atoms with Crippen LogP contribution in [0.5, 0.6) is 0 Å². The van der Waals surface area contributed by atoms with Gasteiger partial charge in [0, 0.05) is 41.7 Å². The minimum atomic E-state index is -2.37. The van der Waals surface area contributed by atoms with E-state index in [4.69, 9.17) is 18.9 Å². The molecule has 5 N–H and O–H groups in total. The maximum Gasteiger partial charge on any atom is 0.338 e. The molecule has 1 saturated heterocycles. The number of benzene rings is 3. The summed E-state index contributed by atoms with van der Waals surface area (Å²) in [5, 5.41) is 52.0. The first-order chi connectivity index (χ1) is 27.9. The molecule has 2 bridgehead atoms. The minimum Gasteiger partial charge on any atom is -0.456 e. The van der Waals surface area contributed by atoms with E-state index in [0.29, 0.717) is 5.56 Å². The predicted octanol–water partition coefficient (Wildman–Crippen LogP) is 3.16. The maximum absolute atomic E-state index is 14.9. The van der Waals surface area contributed by atoms with Gasteiger partial charge in [0.25, 0.3) is 5.91 Å². The lowest BCUT2D eigenvalue weighted by molar-refractivity contribution is -0.357. The molecule has 14 heteroatoms. The molecule has 7 rings (SSSR count). The van der Waals surface area contributed by atoms with Crippen molar-refractivity contribution in [3.05, 3.63) is 119 Å². The fraction of sp³-hybridized carbons (Fsp3) is 0.444. The minimum absolute atomic E-state index is 0.0898. The molecule has 1 aliphatic heterocycles. The van der Waals surface area contributed by atoms with E-state index in [0.717, 1.165) is 6.92 Å². The summed E-state index contributed by atoms with van der Waals surface area (Å²) in [5.41, 5.74) is -6.94. The molecule has 4 aliphatic rings. The molecule has 3 aliphatic carbocycles. The lowest BCUT2D eigenvalue weighted by Crippen LogP contribution is -2.82. The third kappa shape index (κ3) is 6.76. The second-order valence-corrected chi connectivity index (χ2v) is 16.8. The third-order valence-electron chi connectivity index (χ3n) is 13.2. The average Bonchev–Trinajstić information content (AvgIpc) is 3.21. The number of fused-ring (bicyclic) bond motifs is 5. The van der Waals surface area contributed by atoms with E-state index in [1.807, 2.05) is 0 Å². The summed E-state index contributed by atoms with van der Waals surface area (Å²) in [6, 6.07) is 23.1. The summed E-state index contributed by atoms with van der Waals surface area (Å²) < 4.78 is 24.2. The van der Waals surface area contributed by atoms with Crippen LogP contribution in [0.25, 0.3) is 0 Å². The number of hydrogen-bond acceptors (Lipinski definition) is 13. The zero-order chi connectivity index (χ0) is 42.7. The molecule has 14 nitrogen and oxygen atoms in total. The number of Topliss-reactive ketones (excluding diaryl/α,β-unsaturated/α-hetero) is 1. The smallest absolute Gasteiger partial charge is 0.338 e. The van der Waals surface area contributed by atoms with Crippen molar-refractivity contribution in [2.24, 2.45) is 16.7 Å². The van der Waals surface area contributed by atoms with Crippen LogP contribution in [0.1, 0.15) is 79.8 Å².